The molecule has 0 bridgehead atoms. The van der Waals surface area contributed by atoms with Crippen LogP contribution in [0.1, 0.15) is 23.2 Å². The maximum atomic E-state index is 11.9. The maximum absolute atomic E-state index is 11.9. The van der Waals surface area contributed by atoms with Crippen molar-refractivity contribution in [2.45, 2.75) is 19.8 Å². The summed E-state index contributed by atoms with van der Waals surface area (Å²) in [5.74, 6) is 0.0136. The predicted molar refractivity (Wildman–Crippen MR) is 102 cm³/mol. The number of hydrogen-bond donors (Lipinski definition) is 3. The van der Waals surface area contributed by atoms with E-state index in [0.717, 1.165) is 24.2 Å². The minimum absolute atomic E-state index is 0.0119. The van der Waals surface area contributed by atoms with Crippen molar-refractivity contribution in [1.29, 1.82) is 0 Å². The van der Waals surface area contributed by atoms with Gasteiger partial charge in [-0.3, -0.25) is 14.6 Å². The van der Waals surface area contributed by atoms with Crippen LogP contribution >= 0.6 is 11.6 Å². The van der Waals surface area contributed by atoms with Gasteiger partial charge < -0.3 is 11.1 Å². The van der Waals surface area contributed by atoms with Crippen LogP contribution in [0, 0.1) is 6.92 Å². The number of allylic oxidation sites excluding steroid dienone is 1. The molecule has 6 nitrogen and oxygen atoms in total. The molecule has 1 aromatic carbocycles. The Hall–Kier alpha value is -2.60. The van der Waals surface area contributed by atoms with Crippen LogP contribution in [-0.2, 0) is 11.2 Å². The minimum Gasteiger partial charge on any atom is -0.385 e. The molecule has 25 heavy (non-hydrogen) atoms. The average Bonchev–Trinajstić information content (AvgIpc) is 2.59. The van der Waals surface area contributed by atoms with Crippen LogP contribution in [0.4, 0.5) is 11.6 Å². The number of nitrogen functional groups attached to an aromatic ring is 1. The standard InChI is InChI=1S/C18H21ClN4O2/c1-12-16(17(25)23-18(20)22-12)3-2-10-21-14-7-4-13(5-8-14)6-9-15(24)11-19/h4-9,21H,2-3,10-11H2,1H3,(H3,20,22,23,25)/b9-6+. The number of nitrogens with zero attached hydrogens (tertiary/aromatic N) is 1. The third-order valence-corrected chi connectivity index (χ3v) is 3.94. The second-order valence-corrected chi connectivity index (χ2v) is 5.87. The van der Waals surface area contributed by atoms with Gasteiger partial charge in [0.05, 0.1) is 5.88 Å². The summed E-state index contributed by atoms with van der Waals surface area (Å²) in [6.07, 6.45) is 4.62. The van der Waals surface area contributed by atoms with Gasteiger partial charge >= 0.3 is 0 Å². The Labute approximate surface area is 151 Å². The number of alkyl halides is 1. The molecule has 0 aliphatic rings. The highest BCUT2D eigenvalue weighted by Crippen LogP contribution is 2.11. The molecule has 7 heteroatoms. The Morgan fingerprint density at radius 2 is 2.08 bits per heavy atom. The van der Waals surface area contributed by atoms with Crippen molar-refractivity contribution in [1.82, 2.24) is 9.97 Å². The van der Waals surface area contributed by atoms with Crippen molar-refractivity contribution >= 4 is 35.1 Å². The molecule has 0 radical (unpaired) electrons. The van der Waals surface area contributed by atoms with Gasteiger partial charge in [-0.25, -0.2) is 4.98 Å². The number of hydrogen-bond acceptors (Lipinski definition) is 5. The molecule has 4 N–H and O–H groups in total. The molecule has 0 unspecified atom stereocenters. The van der Waals surface area contributed by atoms with E-state index >= 15 is 0 Å². The Bertz CT molecular complexity index is 813. The lowest BCUT2D eigenvalue weighted by atomic mass is 10.1. The quantitative estimate of drug-likeness (QED) is 0.381. The maximum Gasteiger partial charge on any atom is 0.255 e. The van der Waals surface area contributed by atoms with E-state index in [2.05, 4.69) is 15.3 Å². The zero-order valence-electron chi connectivity index (χ0n) is 14.0. The molecule has 1 aromatic heterocycles. The number of aryl methyl sites for hydroxylation is 1. The zero-order valence-corrected chi connectivity index (χ0v) is 14.8. The van der Waals surface area contributed by atoms with Crippen LogP contribution in [0.5, 0.6) is 0 Å². The van der Waals surface area contributed by atoms with Gasteiger partial charge in [0.1, 0.15) is 0 Å². The SMILES string of the molecule is Cc1nc(N)[nH]c(=O)c1CCCNc1ccc(/C=C/C(=O)CCl)cc1. The normalized spacial score (nSPS) is 11.0. The first-order valence-corrected chi connectivity index (χ1v) is 8.49. The third-order valence-electron chi connectivity index (χ3n) is 3.68. The van der Waals surface area contributed by atoms with Crippen LogP contribution in [0.15, 0.2) is 35.1 Å². The van der Waals surface area contributed by atoms with E-state index in [-0.39, 0.29) is 23.2 Å². The van der Waals surface area contributed by atoms with Gasteiger partial charge in [0.2, 0.25) is 5.95 Å². The third kappa shape index (κ3) is 5.76. The first kappa shape index (κ1) is 18.7. The van der Waals surface area contributed by atoms with E-state index in [1.807, 2.05) is 24.3 Å². The number of aromatic nitrogens is 2. The largest absolute Gasteiger partial charge is 0.385 e. The molecule has 0 atom stereocenters. The summed E-state index contributed by atoms with van der Waals surface area (Å²) in [6.45, 7) is 2.51. The summed E-state index contributed by atoms with van der Waals surface area (Å²) in [7, 11) is 0. The summed E-state index contributed by atoms with van der Waals surface area (Å²) >= 11 is 5.44. The smallest absolute Gasteiger partial charge is 0.255 e. The number of rotatable bonds is 8. The van der Waals surface area contributed by atoms with Crippen molar-refractivity contribution in [3.05, 3.63) is 57.5 Å². The Morgan fingerprint density at radius 1 is 1.36 bits per heavy atom. The molecule has 2 aromatic rings. The molecule has 0 saturated carbocycles. The highest BCUT2D eigenvalue weighted by molar-refractivity contribution is 6.29. The lowest BCUT2D eigenvalue weighted by Gasteiger charge is -2.08. The topological polar surface area (TPSA) is 101 Å². The number of carbonyl (C=O) groups is 1. The van der Waals surface area contributed by atoms with E-state index in [9.17, 15) is 9.59 Å². The average molecular weight is 361 g/mol. The number of aromatic amines is 1. The summed E-state index contributed by atoms with van der Waals surface area (Å²) in [4.78, 5) is 29.6. The Balaban J connectivity index is 1.83. The zero-order chi connectivity index (χ0) is 18.2. The number of anilines is 2. The molecule has 0 saturated heterocycles. The molecular weight excluding hydrogens is 340 g/mol. The molecule has 0 aliphatic heterocycles. The molecule has 132 valence electrons. The van der Waals surface area contributed by atoms with Crippen LogP contribution in [0.2, 0.25) is 0 Å². The lowest BCUT2D eigenvalue weighted by Crippen LogP contribution is -2.19. The summed E-state index contributed by atoms with van der Waals surface area (Å²) in [5.41, 5.74) is 8.58. The van der Waals surface area contributed by atoms with Crippen molar-refractivity contribution in [3.63, 3.8) is 0 Å². The summed E-state index contributed by atoms with van der Waals surface area (Å²) < 4.78 is 0. The van der Waals surface area contributed by atoms with Crippen LogP contribution in [0.3, 0.4) is 0 Å². The van der Waals surface area contributed by atoms with Crippen LogP contribution in [0.25, 0.3) is 6.08 Å². The van der Waals surface area contributed by atoms with Crippen LogP contribution < -0.4 is 16.6 Å². The van der Waals surface area contributed by atoms with Gasteiger partial charge in [0.15, 0.2) is 5.78 Å². The van der Waals surface area contributed by atoms with Gasteiger partial charge in [-0.2, -0.15) is 0 Å². The van der Waals surface area contributed by atoms with E-state index in [4.69, 9.17) is 17.3 Å². The molecule has 0 fully saturated rings. The highest BCUT2D eigenvalue weighted by Gasteiger charge is 2.06. The Morgan fingerprint density at radius 3 is 2.72 bits per heavy atom. The van der Waals surface area contributed by atoms with Gasteiger partial charge in [-0.05, 0) is 43.5 Å². The second-order valence-electron chi connectivity index (χ2n) is 5.60. The number of ketones is 1. The van der Waals surface area contributed by atoms with E-state index in [1.54, 1.807) is 13.0 Å². The Kier molecular flexibility index (Phi) is 6.77. The summed E-state index contributed by atoms with van der Waals surface area (Å²) in [6, 6.07) is 7.71. The number of nitrogens with two attached hydrogens (primary N) is 1. The first-order valence-electron chi connectivity index (χ1n) is 7.95. The van der Waals surface area contributed by atoms with Gasteiger partial charge in [-0.1, -0.05) is 18.2 Å². The van der Waals surface area contributed by atoms with Gasteiger partial charge in [-0.15, -0.1) is 11.6 Å². The molecule has 1 heterocycles. The monoisotopic (exact) mass is 360 g/mol. The van der Waals surface area contributed by atoms with E-state index in [0.29, 0.717) is 17.7 Å². The van der Waals surface area contributed by atoms with Crippen LogP contribution in [-0.4, -0.2) is 28.2 Å². The second kappa shape index (κ2) is 9.03. The molecule has 0 aliphatic carbocycles. The van der Waals surface area contributed by atoms with E-state index < -0.39 is 0 Å². The van der Waals surface area contributed by atoms with Crippen molar-refractivity contribution < 1.29 is 4.79 Å². The van der Waals surface area contributed by atoms with Gasteiger partial charge in [0, 0.05) is 23.5 Å². The minimum atomic E-state index is -0.173. The van der Waals surface area contributed by atoms with Crippen molar-refractivity contribution in [3.8, 4) is 0 Å². The predicted octanol–water partition coefficient (Wildman–Crippen LogP) is 2.53. The number of nitrogens with one attached hydrogen (secondary N) is 2. The highest BCUT2D eigenvalue weighted by atomic mass is 35.5. The molecule has 2 rings (SSSR count). The lowest BCUT2D eigenvalue weighted by molar-refractivity contribution is -0.112. The number of H-pyrrole nitrogens is 1. The number of halogens is 1. The number of benzene rings is 1. The first-order chi connectivity index (χ1) is 12.0. The fourth-order valence-corrected chi connectivity index (χ4v) is 2.46. The number of carbonyl (C=O) groups excluding carboxylic acids is 1. The fraction of sp³-hybridized carbons (Fsp3) is 0.278. The molecule has 0 spiro atoms. The van der Waals surface area contributed by atoms with Crippen molar-refractivity contribution in [2.75, 3.05) is 23.5 Å². The fourth-order valence-electron chi connectivity index (χ4n) is 2.37. The van der Waals surface area contributed by atoms with Gasteiger partial charge in [0.25, 0.3) is 5.56 Å². The van der Waals surface area contributed by atoms with Crippen molar-refractivity contribution in [2.24, 2.45) is 0 Å². The summed E-state index contributed by atoms with van der Waals surface area (Å²) in [5, 5.41) is 3.30. The molecule has 0 amide bonds. The van der Waals surface area contributed by atoms with E-state index in [1.165, 1.54) is 6.08 Å². The molecular formula is C18H21ClN4O2.